The van der Waals surface area contributed by atoms with Crippen LogP contribution in [-0.4, -0.2) is 31.0 Å². The Morgan fingerprint density at radius 1 is 1.38 bits per heavy atom. The van der Waals surface area contributed by atoms with Crippen molar-refractivity contribution in [3.05, 3.63) is 29.8 Å². The molecule has 2 N–H and O–H groups in total. The number of rotatable bonds is 4. The normalized spacial score (nSPS) is 18.6. The topological polar surface area (TPSA) is 67.4 Å². The van der Waals surface area contributed by atoms with Gasteiger partial charge in [0.05, 0.1) is 0 Å². The van der Waals surface area contributed by atoms with Crippen molar-refractivity contribution in [2.45, 2.75) is 25.3 Å². The van der Waals surface area contributed by atoms with Gasteiger partial charge in [0.2, 0.25) is 5.91 Å². The molecule has 0 aromatic heterocycles. The van der Waals surface area contributed by atoms with E-state index >= 15 is 0 Å². The van der Waals surface area contributed by atoms with E-state index in [9.17, 15) is 18.4 Å². The summed E-state index contributed by atoms with van der Waals surface area (Å²) in [6.07, 6.45) is 2.26. The second-order valence-electron chi connectivity index (χ2n) is 4.77. The number of nitrogens with one attached hydrogen (secondary N) is 2. The van der Waals surface area contributed by atoms with Gasteiger partial charge in [-0.15, -0.1) is 0 Å². The molecule has 1 fully saturated rings. The van der Waals surface area contributed by atoms with E-state index in [1.165, 1.54) is 0 Å². The predicted octanol–water partition coefficient (Wildman–Crippen LogP) is 1.13. The maximum atomic E-state index is 13.3. The molecule has 0 unspecified atom stereocenters. The van der Waals surface area contributed by atoms with Crippen LogP contribution in [0.1, 0.15) is 19.3 Å². The van der Waals surface area contributed by atoms with Gasteiger partial charge in [-0.3, -0.25) is 9.59 Å². The SMILES string of the molecule is O=C(COc1ccc(F)cc1F)N[C@H]1CCCCNC1=O. The Balaban J connectivity index is 1.85. The Labute approximate surface area is 120 Å². The molecule has 0 spiro atoms. The molecule has 1 aliphatic rings. The van der Waals surface area contributed by atoms with Gasteiger partial charge in [0.25, 0.3) is 5.91 Å². The first kappa shape index (κ1) is 15.2. The zero-order valence-corrected chi connectivity index (χ0v) is 11.3. The third kappa shape index (κ3) is 4.40. The molecule has 5 nitrogen and oxygen atoms in total. The van der Waals surface area contributed by atoms with Crippen molar-refractivity contribution >= 4 is 11.8 Å². The summed E-state index contributed by atoms with van der Waals surface area (Å²) in [6.45, 7) is 0.162. The van der Waals surface area contributed by atoms with E-state index in [0.717, 1.165) is 25.0 Å². The van der Waals surface area contributed by atoms with Gasteiger partial charge in [-0.1, -0.05) is 0 Å². The Bertz CT molecular complexity index is 537. The maximum Gasteiger partial charge on any atom is 0.258 e. The standard InChI is InChI=1S/C14H16F2N2O3/c15-9-4-5-12(10(16)7-9)21-8-13(19)18-11-3-1-2-6-17-14(11)20/h4-5,7,11H,1-3,6,8H2,(H,17,20)(H,18,19)/t11-/m0/s1. The van der Waals surface area contributed by atoms with Crippen LogP contribution in [0.5, 0.6) is 5.75 Å². The predicted molar refractivity (Wildman–Crippen MR) is 70.6 cm³/mol. The number of benzene rings is 1. The lowest BCUT2D eigenvalue weighted by molar-refractivity contribution is -0.129. The highest BCUT2D eigenvalue weighted by Gasteiger charge is 2.22. The Morgan fingerprint density at radius 2 is 2.19 bits per heavy atom. The molecule has 1 atom stereocenters. The fourth-order valence-corrected chi connectivity index (χ4v) is 2.05. The minimum absolute atomic E-state index is 0.211. The molecule has 1 aromatic rings. The van der Waals surface area contributed by atoms with Crippen LogP contribution in [0.25, 0.3) is 0 Å². The van der Waals surface area contributed by atoms with Crippen LogP contribution in [-0.2, 0) is 9.59 Å². The lowest BCUT2D eigenvalue weighted by Crippen LogP contribution is -2.46. The molecular formula is C14H16F2N2O3. The number of hydrogen-bond donors (Lipinski definition) is 2. The minimum atomic E-state index is -0.880. The van der Waals surface area contributed by atoms with Crippen molar-refractivity contribution in [1.29, 1.82) is 0 Å². The summed E-state index contributed by atoms with van der Waals surface area (Å²) in [6, 6.07) is 2.22. The minimum Gasteiger partial charge on any atom is -0.481 e. The van der Waals surface area contributed by atoms with E-state index in [1.807, 2.05) is 0 Å². The van der Waals surface area contributed by atoms with E-state index in [1.54, 1.807) is 0 Å². The molecule has 1 aromatic carbocycles. The van der Waals surface area contributed by atoms with Gasteiger partial charge in [-0.2, -0.15) is 0 Å². The van der Waals surface area contributed by atoms with Crippen LogP contribution in [0.3, 0.4) is 0 Å². The van der Waals surface area contributed by atoms with Gasteiger partial charge in [-0.25, -0.2) is 8.78 Å². The average Bonchev–Trinajstić information content (AvgIpc) is 2.63. The number of amides is 2. The van der Waals surface area contributed by atoms with E-state index in [-0.39, 0.29) is 11.7 Å². The first-order valence-electron chi connectivity index (χ1n) is 6.71. The third-order valence-corrected chi connectivity index (χ3v) is 3.12. The van der Waals surface area contributed by atoms with Crippen LogP contribution in [0.15, 0.2) is 18.2 Å². The molecule has 0 radical (unpaired) electrons. The van der Waals surface area contributed by atoms with E-state index in [2.05, 4.69) is 10.6 Å². The molecule has 7 heteroatoms. The van der Waals surface area contributed by atoms with Gasteiger partial charge in [0, 0.05) is 12.6 Å². The molecule has 114 valence electrons. The molecule has 1 heterocycles. The Kier molecular flexibility index (Phi) is 5.08. The molecule has 0 aliphatic carbocycles. The fraction of sp³-hybridized carbons (Fsp3) is 0.429. The third-order valence-electron chi connectivity index (χ3n) is 3.12. The first-order chi connectivity index (χ1) is 10.1. The van der Waals surface area contributed by atoms with Crippen molar-refractivity contribution in [3.8, 4) is 5.75 Å². The van der Waals surface area contributed by atoms with Gasteiger partial charge in [0.1, 0.15) is 11.9 Å². The van der Waals surface area contributed by atoms with Crippen molar-refractivity contribution in [2.24, 2.45) is 0 Å². The number of halogens is 2. The van der Waals surface area contributed by atoms with Crippen LogP contribution >= 0.6 is 0 Å². The lowest BCUT2D eigenvalue weighted by Gasteiger charge is -2.15. The highest BCUT2D eigenvalue weighted by Crippen LogP contribution is 2.17. The number of carbonyl (C=O) groups is 2. The van der Waals surface area contributed by atoms with Crippen LogP contribution in [0, 0.1) is 11.6 Å². The molecule has 2 amide bonds. The summed E-state index contributed by atoms with van der Waals surface area (Å²) < 4.78 is 31.0. The summed E-state index contributed by atoms with van der Waals surface area (Å²) in [5.74, 6) is -2.57. The van der Waals surface area contributed by atoms with Crippen molar-refractivity contribution in [3.63, 3.8) is 0 Å². The number of carbonyl (C=O) groups excluding carboxylic acids is 2. The van der Waals surface area contributed by atoms with Gasteiger partial charge < -0.3 is 15.4 Å². The highest BCUT2D eigenvalue weighted by atomic mass is 19.1. The zero-order chi connectivity index (χ0) is 15.2. The molecule has 0 saturated carbocycles. The number of ether oxygens (including phenoxy) is 1. The average molecular weight is 298 g/mol. The van der Waals surface area contributed by atoms with Crippen LogP contribution in [0.4, 0.5) is 8.78 Å². The van der Waals surface area contributed by atoms with Gasteiger partial charge in [-0.05, 0) is 31.4 Å². The smallest absolute Gasteiger partial charge is 0.258 e. The first-order valence-corrected chi connectivity index (χ1v) is 6.71. The van der Waals surface area contributed by atoms with Crippen molar-refractivity contribution < 1.29 is 23.1 Å². The summed E-state index contributed by atoms with van der Waals surface area (Å²) in [5.41, 5.74) is 0. The number of hydrogen-bond acceptors (Lipinski definition) is 3. The highest BCUT2D eigenvalue weighted by molar-refractivity contribution is 5.88. The molecule has 1 saturated heterocycles. The molecule has 2 rings (SSSR count). The molecule has 21 heavy (non-hydrogen) atoms. The van der Waals surface area contributed by atoms with E-state index in [0.29, 0.717) is 19.0 Å². The van der Waals surface area contributed by atoms with Crippen molar-refractivity contribution in [2.75, 3.05) is 13.2 Å². The second kappa shape index (κ2) is 7.01. The zero-order valence-electron chi connectivity index (χ0n) is 11.3. The summed E-state index contributed by atoms with van der Waals surface area (Å²) >= 11 is 0. The summed E-state index contributed by atoms with van der Waals surface area (Å²) in [7, 11) is 0. The largest absolute Gasteiger partial charge is 0.481 e. The molecule has 1 aliphatic heterocycles. The van der Waals surface area contributed by atoms with Crippen LogP contribution < -0.4 is 15.4 Å². The van der Waals surface area contributed by atoms with Crippen LogP contribution in [0.2, 0.25) is 0 Å². The Hall–Kier alpha value is -2.18. The van der Waals surface area contributed by atoms with E-state index < -0.39 is 30.2 Å². The molecule has 0 bridgehead atoms. The summed E-state index contributed by atoms with van der Waals surface area (Å²) in [5, 5.41) is 5.23. The quantitative estimate of drug-likeness (QED) is 0.875. The second-order valence-corrected chi connectivity index (χ2v) is 4.77. The maximum absolute atomic E-state index is 13.3. The lowest BCUT2D eigenvalue weighted by atomic mass is 10.1. The molecular weight excluding hydrogens is 282 g/mol. The summed E-state index contributed by atoms with van der Waals surface area (Å²) in [4.78, 5) is 23.4. The van der Waals surface area contributed by atoms with Gasteiger partial charge in [0.15, 0.2) is 18.2 Å². The monoisotopic (exact) mass is 298 g/mol. The van der Waals surface area contributed by atoms with E-state index in [4.69, 9.17) is 4.74 Å². The van der Waals surface area contributed by atoms with Gasteiger partial charge >= 0.3 is 0 Å². The van der Waals surface area contributed by atoms with Crippen molar-refractivity contribution in [1.82, 2.24) is 10.6 Å². The fourth-order valence-electron chi connectivity index (χ4n) is 2.05. The Morgan fingerprint density at radius 3 is 2.95 bits per heavy atom.